The molecule has 3 aromatic heterocycles. The number of anilines is 1. The third kappa shape index (κ3) is 2.97. The molecule has 21 heavy (non-hydrogen) atoms. The lowest BCUT2D eigenvalue weighted by Crippen LogP contribution is -2.20. The Bertz CT molecular complexity index is 806. The van der Waals surface area contributed by atoms with Crippen molar-refractivity contribution in [1.29, 1.82) is 0 Å². The van der Waals surface area contributed by atoms with Crippen molar-refractivity contribution < 1.29 is 0 Å². The lowest BCUT2D eigenvalue weighted by Gasteiger charge is -2.08. The minimum absolute atomic E-state index is 0.0440. The summed E-state index contributed by atoms with van der Waals surface area (Å²) in [6, 6.07) is 9.73. The lowest BCUT2D eigenvalue weighted by atomic mass is 10.3. The van der Waals surface area contributed by atoms with E-state index in [1.54, 1.807) is 15.9 Å². The molecule has 5 heteroatoms. The van der Waals surface area contributed by atoms with Crippen LogP contribution in [0.5, 0.6) is 0 Å². The summed E-state index contributed by atoms with van der Waals surface area (Å²) >= 11 is 1.59. The zero-order chi connectivity index (χ0) is 14.7. The third-order valence-electron chi connectivity index (χ3n) is 3.29. The average molecular weight is 299 g/mol. The van der Waals surface area contributed by atoms with Crippen molar-refractivity contribution >= 4 is 27.2 Å². The van der Waals surface area contributed by atoms with Crippen LogP contribution < -0.4 is 10.9 Å². The lowest BCUT2D eigenvalue weighted by molar-refractivity contribution is 0.747. The Kier molecular flexibility index (Phi) is 4.01. The second-order valence-corrected chi connectivity index (χ2v) is 5.84. The van der Waals surface area contributed by atoms with E-state index in [1.165, 1.54) is 0 Å². The monoisotopic (exact) mass is 299 g/mol. The molecule has 0 saturated carbocycles. The summed E-state index contributed by atoms with van der Waals surface area (Å²) in [7, 11) is 0. The molecule has 0 radical (unpaired) electrons. The highest BCUT2D eigenvalue weighted by atomic mass is 32.1. The van der Waals surface area contributed by atoms with Crippen LogP contribution >= 0.6 is 11.3 Å². The maximum Gasteiger partial charge on any atom is 0.259 e. The fourth-order valence-corrected chi connectivity index (χ4v) is 3.00. The molecule has 1 N–H and O–H groups in total. The number of rotatable bonds is 5. The minimum atomic E-state index is 0.0440. The Morgan fingerprint density at radius 1 is 1.29 bits per heavy atom. The Morgan fingerprint density at radius 3 is 3.05 bits per heavy atom. The standard InChI is InChI=1S/C16H17N3OS/c1-2-8-17-15-5-3-4-12(18-15)11-19-9-6-14-13(16(19)20)7-10-21-14/h3-7,9-10H,2,8,11H2,1H3,(H,17,18). The summed E-state index contributed by atoms with van der Waals surface area (Å²) in [6.45, 7) is 3.51. The molecular weight excluding hydrogens is 282 g/mol. The van der Waals surface area contributed by atoms with Gasteiger partial charge in [-0.05, 0) is 36.1 Å². The molecule has 108 valence electrons. The fraction of sp³-hybridized carbons (Fsp3) is 0.250. The summed E-state index contributed by atoms with van der Waals surface area (Å²) in [4.78, 5) is 16.9. The van der Waals surface area contributed by atoms with Gasteiger partial charge in [-0.2, -0.15) is 0 Å². The minimum Gasteiger partial charge on any atom is -0.370 e. The van der Waals surface area contributed by atoms with Gasteiger partial charge < -0.3 is 9.88 Å². The molecule has 0 aromatic carbocycles. The number of hydrogen-bond acceptors (Lipinski definition) is 4. The molecule has 3 rings (SSSR count). The van der Waals surface area contributed by atoms with Gasteiger partial charge in [-0.15, -0.1) is 11.3 Å². The molecule has 3 aromatic rings. The van der Waals surface area contributed by atoms with Gasteiger partial charge in [0.15, 0.2) is 0 Å². The van der Waals surface area contributed by atoms with E-state index in [0.717, 1.165) is 34.6 Å². The highest BCUT2D eigenvalue weighted by Gasteiger charge is 2.05. The maximum absolute atomic E-state index is 12.4. The third-order valence-corrected chi connectivity index (χ3v) is 4.17. The van der Waals surface area contributed by atoms with Crippen molar-refractivity contribution in [2.24, 2.45) is 0 Å². The molecule has 0 aliphatic carbocycles. The fourth-order valence-electron chi connectivity index (χ4n) is 2.23. The van der Waals surface area contributed by atoms with Gasteiger partial charge >= 0.3 is 0 Å². The van der Waals surface area contributed by atoms with Crippen LogP contribution in [0.2, 0.25) is 0 Å². The van der Waals surface area contributed by atoms with Crippen LogP contribution in [0.3, 0.4) is 0 Å². The first kappa shape index (κ1) is 13.8. The van der Waals surface area contributed by atoms with Crippen LogP contribution in [0.15, 0.2) is 46.7 Å². The van der Waals surface area contributed by atoms with Crippen LogP contribution in [0.25, 0.3) is 10.1 Å². The highest BCUT2D eigenvalue weighted by molar-refractivity contribution is 7.17. The first-order chi connectivity index (χ1) is 10.3. The molecule has 0 saturated heterocycles. The van der Waals surface area contributed by atoms with Gasteiger partial charge in [0.25, 0.3) is 5.56 Å². The van der Waals surface area contributed by atoms with Crippen LogP contribution in [-0.2, 0) is 6.54 Å². The number of hydrogen-bond donors (Lipinski definition) is 1. The zero-order valence-corrected chi connectivity index (χ0v) is 12.7. The number of nitrogens with zero attached hydrogens (tertiary/aromatic N) is 2. The molecule has 0 aliphatic rings. The van der Waals surface area contributed by atoms with Gasteiger partial charge in [-0.3, -0.25) is 4.79 Å². The van der Waals surface area contributed by atoms with E-state index in [1.807, 2.05) is 41.9 Å². The average Bonchev–Trinajstić information content (AvgIpc) is 2.98. The van der Waals surface area contributed by atoms with E-state index in [9.17, 15) is 4.79 Å². The number of nitrogens with one attached hydrogen (secondary N) is 1. The molecule has 4 nitrogen and oxygen atoms in total. The summed E-state index contributed by atoms with van der Waals surface area (Å²) in [5.41, 5.74) is 0.926. The smallest absolute Gasteiger partial charge is 0.259 e. The van der Waals surface area contributed by atoms with Crippen molar-refractivity contribution in [1.82, 2.24) is 9.55 Å². The number of fused-ring (bicyclic) bond motifs is 1. The second kappa shape index (κ2) is 6.10. The van der Waals surface area contributed by atoms with Gasteiger partial charge in [-0.25, -0.2) is 4.98 Å². The Balaban J connectivity index is 1.88. The molecule has 0 atom stereocenters. The van der Waals surface area contributed by atoms with Gasteiger partial charge in [0, 0.05) is 17.4 Å². The van der Waals surface area contributed by atoms with Gasteiger partial charge in [-0.1, -0.05) is 13.0 Å². The first-order valence-corrected chi connectivity index (χ1v) is 7.92. The topological polar surface area (TPSA) is 46.9 Å². The molecule has 0 spiro atoms. The summed E-state index contributed by atoms with van der Waals surface area (Å²) < 4.78 is 2.74. The predicted molar refractivity (Wildman–Crippen MR) is 88.2 cm³/mol. The number of aromatic nitrogens is 2. The normalized spacial score (nSPS) is 10.9. The van der Waals surface area contributed by atoms with Gasteiger partial charge in [0.05, 0.1) is 17.6 Å². The summed E-state index contributed by atoms with van der Waals surface area (Å²) in [6.07, 6.45) is 2.90. The Hall–Kier alpha value is -2.14. The molecular formula is C16H17N3OS. The van der Waals surface area contributed by atoms with Crippen molar-refractivity contribution in [2.45, 2.75) is 19.9 Å². The van der Waals surface area contributed by atoms with Crippen LogP contribution in [0.1, 0.15) is 19.0 Å². The molecule has 3 heterocycles. The van der Waals surface area contributed by atoms with Gasteiger partial charge in [0.1, 0.15) is 5.82 Å². The first-order valence-electron chi connectivity index (χ1n) is 7.04. The van der Waals surface area contributed by atoms with E-state index in [-0.39, 0.29) is 5.56 Å². The van der Waals surface area contributed by atoms with Gasteiger partial charge in [0.2, 0.25) is 0 Å². The van der Waals surface area contributed by atoms with Crippen LogP contribution in [0, 0.1) is 0 Å². The van der Waals surface area contributed by atoms with Crippen molar-refractivity contribution in [3.63, 3.8) is 0 Å². The Labute approximate surface area is 127 Å². The van der Waals surface area contributed by atoms with E-state index in [2.05, 4.69) is 17.2 Å². The highest BCUT2D eigenvalue weighted by Crippen LogP contribution is 2.16. The summed E-state index contributed by atoms with van der Waals surface area (Å²) in [5.74, 6) is 0.860. The van der Waals surface area contributed by atoms with E-state index < -0.39 is 0 Å². The number of thiophene rings is 1. The van der Waals surface area contributed by atoms with Crippen LogP contribution in [-0.4, -0.2) is 16.1 Å². The quantitative estimate of drug-likeness (QED) is 0.786. The molecule has 0 bridgehead atoms. The maximum atomic E-state index is 12.4. The van der Waals surface area contributed by atoms with Crippen molar-refractivity contribution in [3.05, 3.63) is 58.0 Å². The molecule has 0 fully saturated rings. The van der Waals surface area contributed by atoms with Crippen molar-refractivity contribution in [3.8, 4) is 0 Å². The summed E-state index contributed by atoms with van der Waals surface area (Å²) in [5, 5.41) is 5.99. The molecule has 0 unspecified atom stereocenters. The molecule has 0 amide bonds. The Morgan fingerprint density at radius 2 is 2.19 bits per heavy atom. The van der Waals surface area contributed by atoms with E-state index in [4.69, 9.17) is 0 Å². The molecule has 0 aliphatic heterocycles. The number of pyridine rings is 2. The largest absolute Gasteiger partial charge is 0.370 e. The van der Waals surface area contributed by atoms with Crippen LogP contribution in [0.4, 0.5) is 5.82 Å². The predicted octanol–water partition coefficient (Wildman–Crippen LogP) is 3.33. The van der Waals surface area contributed by atoms with E-state index in [0.29, 0.717) is 6.54 Å². The second-order valence-electron chi connectivity index (χ2n) is 4.89. The van der Waals surface area contributed by atoms with Crippen molar-refractivity contribution in [2.75, 3.05) is 11.9 Å². The van der Waals surface area contributed by atoms with E-state index >= 15 is 0 Å². The SMILES string of the molecule is CCCNc1cccc(Cn2ccc3sccc3c2=O)n1. The zero-order valence-electron chi connectivity index (χ0n) is 11.9.